The Hall–Kier alpha value is -0.660. The number of methoxy groups -OCH3 is 1. The third kappa shape index (κ3) is 4.22. The van der Waals surface area contributed by atoms with Gasteiger partial charge in [0, 0.05) is 26.8 Å². The second-order valence-electron chi connectivity index (χ2n) is 4.87. The lowest BCUT2D eigenvalue weighted by molar-refractivity contribution is -0.142. The van der Waals surface area contributed by atoms with E-state index in [9.17, 15) is 13.2 Å². The number of ether oxygens (including phenoxy) is 1. The van der Waals surface area contributed by atoms with Gasteiger partial charge in [-0.05, 0) is 18.8 Å². The van der Waals surface area contributed by atoms with Crippen LogP contribution in [0.2, 0.25) is 0 Å². The van der Waals surface area contributed by atoms with Crippen LogP contribution >= 0.6 is 0 Å². The molecule has 2 unspecified atom stereocenters. The van der Waals surface area contributed by atoms with E-state index in [2.05, 4.69) is 0 Å². The first-order chi connectivity index (χ1) is 8.36. The third-order valence-corrected chi connectivity index (χ3v) is 5.18. The lowest BCUT2D eigenvalue weighted by atomic mass is 10.0. The van der Waals surface area contributed by atoms with Crippen molar-refractivity contribution in [3.05, 3.63) is 0 Å². The molecular weight excluding hydrogens is 258 g/mol. The van der Waals surface area contributed by atoms with Crippen LogP contribution < -0.4 is 0 Å². The minimum Gasteiger partial charge on any atom is -0.481 e. The van der Waals surface area contributed by atoms with Crippen LogP contribution in [0.3, 0.4) is 0 Å². The number of carbonyl (C=O) groups is 1. The molecule has 0 aromatic rings. The topological polar surface area (TPSA) is 83.9 Å². The molecule has 106 valence electrons. The first kappa shape index (κ1) is 15.4. The van der Waals surface area contributed by atoms with Gasteiger partial charge in [0.25, 0.3) is 0 Å². The normalized spacial score (nSPS) is 23.8. The molecule has 0 spiro atoms. The second-order valence-corrected chi connectivity index (χ2v) is 6.89. The Morgan fingerprint density at radius 2 is 2.22 bits per heavy atom. The molecule has 1 rings (SSSR count). The lowest BCUT2D eigenvalue weighted by Crippen LogP contribution is -2.44. The van der Waals surface area contributed by atoms with E-state index in [1.54, 1.807) is 6.92 Å². The average molecular weight is 279 g/mol. The minimum absolute atomic E-state index is 0.00712. The maximum atomic E-state index is 12.1. The van der Waals surface area contributed by atoms with E-state index < -0.39 is 21.9 Å². The summed E-state index contributed by atoms with van der Waals surface area (Å²) in [4.78, 5) is 10.9. The summed E-state index contributed by atoms with van der Waals surface area (Å²) < 4.78 is 30.5. The molecule has 2 atom stereocenters. The van der Waals surface area contributed by atoms with Crippen molar-refractivity contribution in [3.8, 4) is 0 Å². The number of hydrogen-bond acceptors (Lipinski definition) is 4. The Kier molecular flexibility index (Phi) is 5.55. The first-order valence-corrected chi connectivity index (χ1v) is 7.67. The molecule has 1 aliphatic rings. The summed E-state index contributed by atoms with van der Waals surface area (Å²) in [5.41, 5.74) is 0. The number of carboxylic acid groups (broad SMARTS) is 1. The van der Waals surface area contributed by atoms with Crippen molar-refractivity contribution in [2.24, 2.45) is 11.8 Å². The van der Waals surface area contributed by atoms with Gasteiger partial charge < -0.3 is 9.84 Å². The Labute approximate surface area is 108 Å². The number of aliphatic carboxylic acids is 1. The number of nitrogens with zero attached hydrogens (tertiary/aromatic N) is 1. The zero-order valence-corrected chi connectivity index (χ0v) is 11.6. The largest absolute Gasteiger partial charge is 0.481 e. The standard InChI is InChI=1S/C11H21NO5S/c1-9(7-17-2)8-18(15,16)12-5-3-4-10(6-12)11(13)14/h9-10H,3-8H2,1-2H3,(H,13,14). The molecule has 1 fully saturated rings. The molecule has 1 aliphatic heterocycles. The number of rotatable bonds is 6. The quantitative estimate of drug-likeness (QED) is 0.760. The van der Waals surface area contributed by atoms with Gasteiger partial charge in [0.05, 0.1) is 11.7 Å². The van der Waals surface area contributed by atoms with Crippen LogP contribution in [-0.2, 0) is 19.6 Å². The van der Waals surface area contributed by atoms with Gasteiger partial charge in [-0.2, -0.15) is 0 Å². The summed E-state index contributed by atoms with van der Waals surface area (Å²) in [7, 11) is -1.85. The predicted molar refractivity (Wildman–Crippen MR) is 66.8 cm³/mol. The lowest BCUT2D eigenvalue weighted by Gasteiger charge is -2.30. The van der Waals surface area contributed by atoms with E-state index in [0.29, 0.717) is 26.0 Å². The van der Waals surface area contributed by atoms with Gasteiger partial charge in [-0.25, -0.2) is 12.7 Å². The van der Waals surface area contributed by atoms with Crippen molar-refractivity contribution in [3.63, 3.8) is 0 Å². The second kappa shape index (κ2) is 6.49. The smallest absolute Gasteiger partial charge is 0.307 e. The SMILES string of the molecule is COCC(C)CS(=O)(=O)N1CCCC(C(=O)O)C1. The Morgan fingerprint density at radius 1 is 1.56 bits per heavy atom. The summed E-state index contributed by atoms with van der Waals surface area (Å²) in [6, 6.07) is 0. The molecule has 0 bridgehead atoms. The number of carboxylic acids is 1. The molecule has 0 aromatic carbocycles. The van der Waals surface area contributed by atoms with Crippen LogP contribution in [-0.4, -0.2) is 56.4 Å². The zero-order valence-electron chi connectivity index (χ0n) is 10.8. The van der Waals surface area contributed by atoms with E-state index in [-0.39, 0.29) is 18.2 Å². The summed E-state index contributed by atoms with van der Waals surface area (Å²) >= 11 is 0. The van der Waals surface area contributed by atoms with Crippen molar-refractivity contribution < 1.29 is 23.1 Å². The van der Waals surface area contributed by atoms with E-state index in [1.165, 1.54) is 11.4 Å². The summed E-state index contributed by atoms with van der Waals surface area (Å²) in [5.74, 6) is -1.58. The molecular formula is C11H21NO5S. The van der Waals surface area contributed by atoms with E-state index in [4.69, 9.17) is 9.84 Å². The molecule has 0 aromatic heterocycles. The summed E-state index contributed by atoms with van der Waals surface area (Å²) in [5, 5.41) is 8.95. The molecule has 18 heavy (non-hydrogen) atoms. The molecule has 0 amide bonds. The fourth-order valence-electron chi connectivity index (χ4n) is 2.19. The highest BCUT2D eigenvalue weighted by Crippen LogP contribution is 2.20. The third-order valence-electron chi connectivity index (χ3n) is 3.07. The van der Waals surface area contributed by atoms with Crippen molar-refractivity contribution in [1.29, 1.82) is 0 Å². The number of sulfonamides is 1. The van der Waals surface area contributed by atoms with E-state index in [0.717, 1.165) is 0 Å². The highest BCUT2D eigenvalue weighted by atomic mass is 32.2. The maximum Gasteiger partial charge on any atom is 0.307 e. The summed E-state index contributed by atoms with van der Waals surface area (Å²) in [6.07, 6.45) is 1.16. The summed E-state index contributed by atoms with van der Waals surface area (Å²) in [6.45, 7) is 2.71. The fourth-order valence-corrected chi connectivity index (χ4v) is 4.03. The van der Waals surface area contributed by atoms with Crippen LogP contribution in [0, 0.1) is 11.8 Å². The minimum atomic E-state index is -3.38. The molecule has 1 heterocycles. The average Bonchev–Trinajstić information content (AvgIpc) is 2.28. The first-order valence-electron chi connectivity index (χ1n) is 6.06. The van der Waals surface area contributed by atoms with E-state index in [1.807, 2.05) is 0 Å². The molecule has 0 radical (unpaired) electrons. The Morgan fingerprint density at radius 3 is 2.78 bits per heavy atom. The Bertz CT molecular complexity index is 381. The van der Waals surface area contributed by atoms with Crippen LogP contribution in [0.1, 0.15) is 19.8 Å². The van der Waals surface area contributed by atoms with Crippen LogP contribution in [0.5, 0.6) is 0 Å². The number of piperidine rings is 1. The highest BCUT2D eigenvalue weighted by Gasteiger charge is 2.32. The van der Waals surface area contributed by atoms with Gasteiger partial charge in [-0.15, -0.1) is 0 Å². The fraction of sp³-hybridized carbons (Fsp3) is 0.909. The molecule has 1 saturated heterocycles. The van der Waals surface area contributed by atoms with Crippen molar-refractivity contribution in [2.45, 2.75) is 19.8 Å². The Balaban J connectivity index is 2.64. The van der Waals surface area contributed by atoms with Crippen LogP contribution in [0.15, 0.2) is 0 Å². The molecule has 6 nitrogen and oxygen atoms in total. The van der Waals surface area contributed by atoms with Gasteiger partial charge in [-0.1, -0.05) is 6.92 Å². The van der Waals surface area contributed by atoms with Crippen LogP contribution in [0.25, 0.3) is 0 Å². The molecule has 1 N–H and O–H groups in total. The molecule has 7 heteroatoms. The van der Waals surface area contributed by atoms with Gasteiger partial charge in [0.1, 0.15) is 0 Å². The van der Waals surface area contributed by atoms with E-state index >= 15 is 0 Å². The zero-order chi connectivity index (χ0) is 13.8. The number of hydrogen-bond donors (Lipinski definition) is 1. The monoisotopic (exact) mass is 279 g/mol. The van der Waals surface area contributed by atoms with Gasteiger partial charge >= 0.3 is 5.97 Å². The van der Waals surface area contributed by atoms with Crippen molar-refractivity contribution >= 4 is 16.0 Å². The maximum absolute atomic E-state index is 12.1. The van der Waals surface area contributed by atoms with Crippen LogP contribution in [0.4, 0.5) is 0 Å². The van der Waals surface area contributed by atoms with Gasteiger partial charge in [0.2, 0.25) is 10.0 Å². The van der Waals surface area contributed by atoms with Crippen molar-refractivity contribution in [2.75, 3.05) is 32.6 Å². The molecule has 0 saturated carbocycles. The highest BCUT2D eigenvalue weighted by molar-refractivity contribution is 7.89. The van der Waals surface area contributed by atoms with Gasteiger partial charge in [-0.3, -0.25) is 4.79 Å². The molecule has 0 aliphatic carbocycles. The van der Waals surface area contributed by atoms with Crippen molar-refractivity contribution in [1.82, 2.24) is 4.31 Å². The predicted octanol–water partition coefficient (Wildman–Crippen LogP) is 0.395. The van der Waals surface area contributed by atoms with Gasteiger partial charge in [0.15, 0.2) is 0 Å².